The van der Waals surface area contributed by atoms with Gasteiger partial charge in [-0.15, -0.1) is 11.3 Å². The Hall–Kier alpha value is -0.850. The summed E-state index contributed by atoms with van der Waals surface area (Å²) in [6.45, 7) is 6.25. The number of amides is 1. The van der Waals surface area contributed by atoms with Gasteiger partial charge >= 0.3 is 6.09 Å². The highest BCUT2D eigenvalue weighted by Crippen LogP contribution is 2.28. The van der Waals surface area contributed by atoms with Crippen LogP contribution in [-0.2, 0) is 11.2 Å². The number of hydrogen-bond donors (Lipinski definition) is 1. The van der Waals surface area contributed by atoms with Crippen molar-refractivity contribution < 1.29 is 14.6 Å². The lowest BCUT2D eigenvalue weighted by atomic mass is 10.0. The fourth-order valence-electron chi connectivity index (χ4n) is 2.16. The smallest absolute Gasteiger partial charge is 0.410 e. The molecule has 0 aromatic carbocycles. The van der Waals surface area contributed by atoms with E-state index in [-0.39, 0.29) is 12.0 Å². The van der Waals surface area contributed by atoms with Crippen LogP contribution in [-0.4, -0.2) is 45.9 Å². The first-order valence-corrected chi connectivity index (χ1v) is 7.76. The summed E-state index contributed by atoms with van der Waals surface area (Å²) in [5.41, 5.74) is 1.16. The van der Waals surface area contributed by atoms with Gasteiger partial charge in [-0.3, -0.25) is 0 Å². The van der Waals surface area contributed by atoms with Gasteiger partial charge < -0.3 is 14.7 Å². The van der Waals surface area contributed by atoms with Crippen LogP contribution in [0.4, 0.5) is 4.79 Å². The molecule has 2 atom stereocenters. The fourth-order valence-corrected chi connectivity index (χ4v) is 3.22. The van der Waals surface area contributed by atoms with Gasteiger partial charge in [0.05, 0.1) is 18.2 Å². The van der Waals surface area contributed by atoms with E-state index in [2.05, 4.69) is 4.98 Å². The number of nitrogens with zero attached hydrogens (tertiary/aromatic N) is 2. The fraction of sp³-hybridized carbons (Fsp3) is 0.692. The van der Waals surface area contributed by atoms with Gasteiger partial charge in [0.2, 0.25) is 0 Å². The van der Waals surface area contributed by atoms with E-state index in [4.69, 9.17) is 16.3 Å². The Balaban J connectivity index is 1.95. The highest BCUT2D eigenvalue weighted by molar-refractivity contribution is 7.10. The number of likely N-dealkylation sites (tertiary alicyclic amines) is 1. The number of hydrogen-bond acceptors (Lipinski definition) is 5. The van der Waals surface area contributed by atoms with Crippen molar-refractivity contribution in [3.05, 3.63) is 15.5 Å². The van der Waals surface area contributed by atoms with Crippen LogP contribution in [0.25, 0.3) is 0 Å². The normalized spacial score (nSPS) is 23.1. The Morgan fingerprint density at radius 2 is 2.30 bits per heavy atom. The number of aliphatic hydroxyl groups excluding tert-OH is 1. The van der Waals surface area contributed by atoms with Gasteiger partial charge in [0, 0.05) is 17.3 Å². The molecular weight excluding hydrogens is 300 g/mol. The first-order chi connectivity index (χ1) is 9.26. The molecule has 1 saturated heterocycles. The Morgan fingerprint density at radius 3 is 2.85 bits per heavy atom. The summed E-state index contributed by atoms with van der Waals surface area (Å²) in [6.07, 6.45) is -0.306. The first kappa shape index (κ1) is 15.5. The van der Waals surface area contributed by atoms with Crippen LogP contribution in [0.3, 0.4) is 0 Å². The van der Waals surface area contributed by atoms with Crippen LogP contribution in [0.1, 0.15) is 25.6 Å². The van der Waals surface area contributed by atoms with Gasteiger partial charge in [-0.05, 0) is 27.2 Å². The zero-order valence-electron chi connectivity index (χ0n) is 11.8. The van der Waals surface area contributed by atoms with Gasteiger partial charge in [0.25, 0.3) is 0 Å². The van der Waals surface area contributed by atoms with Crippen LogP contribution in [0.2, 0.25) is 5.15 Å². The zero-order valence-corrected chi connectivity index (χ0v) is 13.4. The van der Waals surface area contributed by atoms with Crippen molar-refractivity contribution >= 4 is 29.0 Å². The van der Waals surface area contributed by atoms with Crippen molar-refractivity contribution in [2.75, 3.05) is 13.1 Å². The standard InChI is InChI=1S/C13H19ClN2O3S/c1-13(2,3)19-12(18)16-5-8(9(17)6-16)4-10-11(14)15-7-20-10/h7-9,17H,4-6H2,1-3H3. The minimum Gasteiger partial charge on any atom is -0.444 e. The molecule has 1 aliphatic heterocycles. The Labute approximate surface area is 127 Å². The third-order valence-electron chi connectivity index (χ3n) is 3.10. The van der Waals surface area contributed by atoms with Crippen molar-refractivity contribution in [2.24, 2.45) is 5.92 Å². The molecule has 1 aromatic heterocycles. The van der Waals surface area contributed by atoms with Crippen molar-refractivity contribution in [2.45, 2.75) is 38.9 Å². The second-order valence-electron chi connectivity index (χ2n) is 5.98. The minimum atomic E-state index is -0.555. The molecule has 20 heavy (non-hydrogen) atoms. The number of aromatic nitrogens is 1. The average Bonchev–Trinajstić information content (AvgIpc) is 2.86. The molecular formula is C13H19ClN2O3S. The number of thiazole rings is 1. The molecule has 2 heterocycles. The molecule has 1 amide bonds. The quantitative estimate of drug-likeness (QED) is 0.910. The molecule has 112 valence electrons. The monoisotopic (exact) mass is 318 g/mol. The molecule has 1 aliphatic rings. The van der Waals surface area contributed by atoms with E-state index in [1.54, 1.807) is 10.4 Å². The predicted molar refractivity (Wildman–Crippen MR) is 78.1 cm³/mol. The van der Waals surface area contributed by atoms with Gasteiger partial charge in [-0.1, -0.05) is 11.6 Å². The van der Waals surface area contributed by atoms with Crippen LogP contribution >= 0.6 is 22.9 Å². The van der Waals surface area contributed by atoms with Gasteiger partial charge in [-0.25, -0.2) is 9.78 Å². The SMILES string of the molecule is CC(C)(C)OC(=O)N1CC(O)C(Cc2scnc2Cl)C1. The van der Waals surface area contributed by atoms with E-state index in [0.29, 0.717) is 24.7 Å². The van der Waals surface area contributed by atoms with Gasteiger partial charge in [0.1, 0.15) is 10.8 Å². The minimum absolute atomic E-state index is 0.0273. The summed E-state index contributed by atoms with van der Waals surface area (Å²) >= 11 is 7.43. The third-order valence-corrected chi connectivity index (χ3v) is 4.39. The first-order valence-electron chi connectivity index (χ1n) is 6.50. The molecule has 2 unspecified atom stereocenters. The largest absolute Gasteiger partial charge is 0.444 e. The van der Waals surface area contributed by atoms with Crippen molar-refractivity contribution in [1.82, 2.24) is 9.88 Å². The highest BCUT2D eigenvalue weighted by atomic mass is 35.5. The molecule has 1 N–H and O–H groups in total. The molecule has 0 saturated carbocycles. The van der Waals surface area contributed by atoms with E-state index in [1.165, 1.54) is 11.3 Å². The maximum atomic E-state index is 12.0. The van der Waals surface area contributed by atoms with E-state index in [0.717, 1.165) is 4.88 Å². The lowest BCUT2D eigenvalue weighted by Gasteiger charge is -2.24. The molecule has 0 bridgehead atoms. The predicted octanol–water partition coefficient (Wildman–Crippen LogP) is 2.57. The Morgan fingerprint density at radius 1 is 1.60 bits per heavy atom. The number of halogens is 1. The third kappa shape index (κ3) is 3.84. The van der Waals surface area contributed by atoms with Crippen LogP contribution in [0.15, 0.2) is 5.51 Å². The van der Waals surface area contributed by atoms with E-state index in [1.807, 2.05) is 20.8 Å². The molecule has 5 nitrogen and oxygen atoms in total. The number of β-amino-alcohol motifs (C(OH)–C–C–N with tert-alkyl or cyclic N) is 1. The van der Waals surface area contributed by atoms with Crippen LogP contribution in [0.5, 0.6) is 0 Å². The number of rotatable bonds is 2. The molecule has 7 heteroatoms. The Kier molecular flexibility index (Phi) is 4.56. The highest BCUT2D eigenvalue weighted by Gasteiger charge is 2.36. The van der Waals surface area contributed by atoms with Gasteiger partial charge in [0.15, 0.2) is 0 Å². The average molecular weight is 319 g/mol. The molecule has 1 fully saturated rings. The lowest BCUT2D eigenvalue weighted by molar-refractivity contribution is 0.0270. The maximum Gasteiger partial charge on any atom is 0.410 e. The maximum absolute atomic E-state index is 12.0. The van der Waals surface area contributed by atoms with Crippen LogP contribution in [0, 0.1) is 5.92 Å². The summed E-state index contributed by atoms with van der Waals surface area (Å²) in [7, 11) is 0. The summed E-state index contributed by atoms with van der Waals surface area (Å²) in [6, 6.07) is 0. The van der Waals surface area contributed by atoms with E-state index in [9.17, 15) is 9.90 Å². The second kappa shape index (κ2) is 5.87. The zero-order chi connectivity index (χ0) is 14.9. The molecule has 2 rings (SSSR count). The summed E-state index contributed by atoms with van der Waals surface area (Å²) in [5, 5.41) is 10.6. The van der Waals surface area contributed by atoms with Crippen molar-refractivity contribution in [3.8, 4) is 0 Å². The van der Waals surface area contributed by atoms with Gasteiger partial charge in [-0.2, -0.15) is 0 Å². The molecule has 0 radical (unpaired) electrons. The topological polar surface area (TPSA) is 62.7 Å². The summed E-state index contributed by atoms with van der Waals surface area (Å²) in [5.74, 6) is -0.0273. The van der Waals surface area contributed by atoms with Crippen molar-refractivity contribution in [1.29, 1.82) is 0 Å². The van der Waals surface area contributed by atoms with Crippen molar-refractivity contribution in [3.63, 3.8) is 0 Å². The second-order valence-corrected chi connectivity index (χ2v) is 7.28. The number of aliphatic hydroxyl groups is 1. The lowest BCUT2D eigenvalue weighted by Crippen LogP contribution is -2.35. The molecule has 0 aliphatic carbocycles. The summed E-state index contributed by atoms with van der Waals surface area (Å²) in [4.78, 5) is 18.5. The number of ether oxygens (including phenoxy) is 1. The Bertz CT molecular complexity index is 486. The molecule has 1 aromatic rings. The molecule has 0 spiro atoms. The van der Waals surface area contributed by atoms with E-state index < -0.39 is 11.7 Å². The summed E-state index contributed by atoms with van der Waals surface area (Å²) < 4.78 is 5.32. The number of carbonyl (C=O) groups is 1. The van der Waals surface area contributed by atoms with E-state index >= 15 is 0 Å². The number of carbonyl (C=O) groups excluding carboxylic acids is 1. The van der Waals surface area contributed by atoms with Crippen LogP contribution < -0.4 is 0 Å².